The fraction of sp³-hybridized carbons (Fsp3) is 0.875. The van der Waals surface area contributed by atoms with E-state index in [0.29, 0.717) is 12.5 Å². The number of alkyl carbamates (subject to hydrolysis) is 1. The smallest absolute Gasteiger partial charge is 0.407 e. The number of hydrogen-bond donors (Lipinski definition) is 1. The Morgan fingerprint density at radius 3 is 2.55 bits per heavy atom. The monoisotopic (exact) mass is 157 g/mol. The Hall–Kier alpha value is -0.730. The van der Waals surface area contributed by atoms with Crippen molar-refractivity contribution in [3.8, 4) is 0 Å². The van der Waals surface area contributed by atoms with Crippen LogP contribution in [-0.4, -0.2) is 18.2 Å². The molecule has 0 bridgehead atoms. The summed E-state index contributed by atoms with van der Waals surface area (Å²) in [5.41, 5.74) is -0.253. The maximum atomic E-state index is 10.8. The van der Waals surface area contributed by atoms with Gasteiger partial charge in [0.25, 0.3) is 0 Å². The Labute approximate surface area is 67.1 Å². The Balaban J connectivity index is 2.70. The molecule has 0 aromatic heterocycles. The van der Waals surface area contributed by atoms with Crippen LogP contribution in [0, 0.1) is 5.92 Å². The lowest BCUT2D eigenvalue weighted by Crippen LogP contribution is -2.38. The molecule has 1 rings (SSSR count). The van der Waals surface area contributed by atoms with Gasteiger partial charge in [-0.2, -0.15) is 0 Å². The van der Waals surface area contributed by atoms with Crippen LogP contribution in [-0.2, 0) is 4.74 Å². The molecule has 1 aliphatic rings. The molecule has 0 spiro atoms. The van der Waals surface area contributed by atoms with Gasteiger partial charge < -0.3 is 10.1 Å². The lowest BCUT2D eigenvalue weighted by atomic mass is 9.88. The summed E-state index contributed by atoms with van der Waals surface area (Å²) in [6, 6.07) is 0. The number of carbonyl (C=O) groups excluding carboxylic acids is 1. The molecule has 11 heavy (non-hydrogen) atoms. The first kappa shape index (κ1) is 8.37. The van der Waals surface area contributed by atoms with Crippen LogP contribution >= 0.6 is 0 Å². The van der Waals surface area contributed by atoms with Crippen LogP contribution < -0.4 is 5.32 Å². The second-order valence-corrected chi connectivity index (χ2v) is 3.32. The van der Waals surface area contributed by atoms with Crippen LogP contribution in [0.15, 0.2) is 0 Å². The molecule has 0 aromatic carbocycles. The fourth-order valence-electron chi connectivity index (χ4n) is 1.41. The number of nitrogens with one attached hydrogen (secondary N) is 1. The molecule has 1 saturated heterocycles. The van der Waals surface area contributed by atoms with Crippen molar-refractivity contribution >= 4 is 6.09 Å². The molecule has 1 fully saturated rings. The summed E-state index contributed by atoms with van der Waals surface area (Å²) >= 11 is 0. The van der Waals surface area contributed by atoms with Gasteiger partial charge in [-0.1, -0.05) is 20.8 Å². The zero-order valence-corrected chi connectivity index (χ0v) is 7.31. The summed E-state index contributed by atoms with van der Waals surface area (Å²) in [5, 5.41) is 2.68. The van der Waals surface area contributed by atoms with Crippen LogP contribution in [0.4, 0.5) is 4.79 Å². The molecule has 1 atom stereocenters. The summed E-state index contributed by atoms with van der Waals surface area (Å²) in [7, 11) is 0. The summed E-state index contributed by atoms with van der Waals surface area (Å²) < 4.78 is 5.21. The van der Waals surface area contributed by atoms with Crippen LogP contribution in [0.1, 0.15) is 27.2 Å². The van der Waals surface area contributed by atoms with Crippen molar-refractivity contribution in [1.29, 1.82) is 0 Å². The highest BCUT2D eigenvalue weighted by Gasteiger charge is 2.41. The molecular weight excluding hydrogens is 142 g/mol. The third kappa shape index (κ3) is 1.32. The molecule has 1 amide bonds. The van der Waals surface area contributed by atoms with Gasteiger partial charge in [0.2, 0.25) is 0 Å². The van der Waals surface area contributed by atoms with E-state index in [1.807, 2.05) is 6.92 Å². The minimum atomic E-state index is -0.277. The SMILES string of the molecule is CC[C@@]1(C(C)C)CNC(=O)O1. The summed E-state index contributed by atoms with van der Waals surface area (Å²) in [5.74, 6) is 0.381. The van der Waals surface area contributed by atoms with E-state index in [1.165, 1.54) is 0 Å². The highest BCUT2D eigenvalue weighted by molar-refractivity contribution is 5.70. The topological polar surface area (TPSA) is 38.3 Å². The first-order chi connectivity index (χ1) is 5.10. The summed E-state index contributed by atoms with van der Waals surface area (Å²) in [6.07, 6.45) is 0.601. The van der Waals surface area contributed by atoms with Gasteiger partial charge in [-0.25, -0.2) is 4.79 Å². The zero-order valence-electron chi connectivity index (χ0n) is 7.31. The third-order valence-corrected chi connectivity index (χ3v) is 2.48. The van der Waals surface area contributed by atoms with E-state index in [-0.39, 0.29) is 11.7 Å². The Bertz CT molecular complexity index is 167. The molecule has 3 nitrogen and oxygen atoms in total. The Morgan fingerprint density at radius 1 is 1.73 bits per heavy atom. The van der Waals surface area contributed by atoms with Crippen LogP contribution in [0.5, 0.6) is 0 Å². The molecule has 1 N–H and O–H groups in total. The van der Waals surface area contributed by atoms with E-state index in [0.717, 1.165) is 6.42 Å². The van der Waals surface area contributed by atoms with Crippen molar-refractivity contribution in [1.82, 2.24) is 5.32 Å². The molecule has 64 valence electrons. The normalized spacial score (nSPS) is 30.4. The molecule has 1 aliphatic heterocycles. The lowest BCUT2D eigenvalue weighted by molar-refractivity contribution is 0.0153. The number of carbonyl (C=O) groups is 1. The fourth-order valence-corrected chi connectivity index (χ4v) is 1.41. The van der Waals surface area contributed by atoms with Gasteiger partial charge in [0, 0.05) is 0 Å². The molecule has 0 saturated carbocycles. The Morgan fingerprint density at radius 2 is 2.36 bits per heavy atom. The second-order valence-electron chi connectivity index (χ2n) is 3.32. The standard InChI is InChI=1S/C8H15NO2/c1-4-8(6(2)3)5-9-7(10)11-8/h6H,4-5H2,1-3H3,(H,9,10)/t8-/m0/s1. The van der Waals surface area contributed by atoms with Gasteiger partial charge in [0.05, 0.1) is 6.54 Å². The van der Waals surface area contributed by atoms with Crippen molar-refractivity contribution in [2.45, 2.75) is 32.8 Å². The number of amides is 1. The largest absolute Gasteiger partial charge is 0.441 e. The van der Waals surface area contributed by atoms with Gasteiger partial charge in [-0.3, -0.25) is 0 Å². The van der Waals surface area contributed by atoms with E-state index in [9.17, 15) is 4.79 Å². The van der Waals surface area contributed by atoms with Gasteiger partial charge in [0.15, 0.2) is 0 Å². The van der Waals surface area contributed by atoms with E-state index in [1.54, 1.807) is 0 Å². The molecule has 0 radical (unpaired) electrons. The van der Waals surface area contributed by atoms with Crippen molar-refractivity contribution < 1.29 is 9.53 Å². The molecule has 0 aliphatic carbocycles. The second kappa shape index (κ2) is 2.72. The average Bonchev–Trinajstić information content (AvgIpc) is 2.33. The molecule has 0 aromatic rings. The minimum Gasteiger partial charge on any atom is -0.441 e. The minimum absolute atomic E-state index is 0.253. The number of cyclic esters (lactones) is 1. The van der Waals surface area contributed by atoms with Gasteiger partial charge >= 0.3 is 6.09 Å². The van der Waals surface area contributed by atoms with Crippen molar-refractivity contribution in [2.75, 3.05) is 6.54 Å². The van der Waals surface area contributed by atoms with Crippen molar-refractivity contribution in [3.05, 3.63) is 0 Å². The molecule has 1 heterocycles. The quantitative estimate of drug-likeness (QED) is 0.660. The molecule has 3 heteroatoms. The van der Waals surface area contributed by atoms with E-state index in [2.05, 4.69) is 19.2 Å². The predicted octanol–water partition coefficient (Wildman–Crippen LogP) is 1.53. The van der Waals surface area contributed by atoms with Gasteiger partial charge in [0.1, 0.15) is 5.60 Å². The number of rotatable bonds is 2. The maximum Gasteiger partial charge on any atom is 0.407 e. The van der Waals surface area contributed by atoms with Gasteiger partial charge in [-0.05, 0) is 12.3 Å². The average molecular weight is 157 g/mol. The third-order valence-electron chi connectivity index (χ3n) is 2.48. The van der Waals surface area contributed by atoms with Crippen LogP contribution in [0.25, 0.3) is 0 Å². The number of ether oxygens (including phenoxy) is 1. The number of hydrogen-bond acceptors (Lipinski definition) is 2. The van der Waals surface area contributed by atoms with E-state index >= 15 is 0 Å². The van der Waals surface area contributed by atoms with Crippen LogP contribution in [0.2, 0.25) is 0 Å². The Kier molecular flexibility index (Phi) is 2.07. The van der Waals surface area contributed by atoms with Gasteiger partial charge in [-0.15, -0.1) is 0 Å². The first-order valence-corrected chi connectivity index (χ1v) is 4.07. The summed E-state index contributed by atoms with van der Waals surface area (Å²) in [6.45, 7) is 6.84. The lowest BCUT2D eigenvalue weighted by Gasteiger charge is -2.28. The highest BCUT2D eigenvalue weighted by Crippen LogP contribution is 2.28. The van der Waals surface area contributed by atoms with Crippen molar-refractivity contribution in [3.63, 3.8) is 0 Å². The summed E-state index contributed by atoms with van der Waals surface area (Å²) in [4.78, 5) is 10.8. The molecular formula is C8H15NO2. The van der Waals surface area contributed by atoms with E-state index in [4.69, 9.17) is 4.74 Å². The maximum absolute atomic E-state index is 10.8. The predicted molar refractivity (Wildman–Crippen MR) is 42.3 cm³/mol. The molecule has 0 unspecified atom stereocenters. The first-order valence-electron chi connectivity index (χ1n) is 4.07. The van der Waals surface area contributed by atoms with Crippen LogP contribution in [0.3, 0.4) is 0 Å². The highest BCUT2D eigenvalue weighted by atomic mass is 16.6. The van der Waals surface area contributed by atoms with Crippen molar-refractivity contribution in [2.24, 2.45) is 5.92 Å². The zero-order chi connectivity index (χ0) is 8.48. The van der Waals surface area contributed by atoms with E-state index < -0.39 is 0 Å².